The molecule has 1 aromatic carbocycles. The van der Waals surface area contributed by atoms with Gasteiger partial charge in [-0.3, -0.25) is 29.4 Å². The maximum Gasteiger partial charge on any atom is 0.255 e. The molecule has 1 N–H and O–H groups in total. The summed E-state index contributed by atoms with van der Waals surface area (Å²) in [7, 11) is 1.72. The summed E-state index contributed by atoms with van der Waals surface area (Å²) in [5, 5.41) is 2.28. The molecule has 1 atom stereocenters. The first-order valence-corrected chi connectivity index (χ1v) is 11.4. The van der Waals surface area contributed by atoms with Crippen molar-refractivity contribution in [1.82, 2.24) is 19.7 Å². The number of pyridine rings is 1. The number of piperidine rings is 1. The molecular formula is C24H26FN5O4. The van der Waals surface area contributed by atoms with Gasteiger partial charge in [-0.25, -0.2) is 4.39 Å². The number of fused-ring (bicyclic) bond motifs is 1. The van der Waals surface area contributed by atoms with Crippen LogP contribution in [0.4, 0.5) is 10.1 Å². The fraction of sp³-hybridized carbons (Fsp3) is 0.417. The van der Waals surface area contributed by atoms with Crippen molar-refractivity contribution in [2.45, 2.75) is 32.0 Å². The van der Waals surface area contributed by atoms with Crippen LogP contribution in [0.25, 0.3) is 0 Å². The topological polar surface area (TPSA) is 95.0 Å². The van der Waals surface area contributed by atoms with Crippen LogP contribution < -0.4 is 15.8 Å². The molecule has 3 amide bonds. The molecule has 1 aromatic heterocycles. The van der Waals surface area contributed by atoms with Gasteiger partial charge in [0.2, 0.25) is 11.8 Å². The second kappa shape index (κ2) is 8.68. The molecule has 0 bridgehead atoms. The van der Waals surface area contributed by atoms with Crippen molar-refractivity contribution in [3.8, 4) is 0 Å². The first-order chi connectivity index (χ1) is 16.3. The molecule has 10 heteroatoms. The highest BCUT2D eigenvalue weighted by molar-refractivity contribution is 6.05. The van der Waals surface area contributed by atoms with Gasteiger partial charge in [0.25, 0.3) is 11.5 Å². The predicted molar refractivity (Wildman–Crippen MR) is 122 cm³/mol. The van der Waals surface area contributed by atoms with Crippen molar-refractivity contribution >= 4 is 23.4 Å². The van der Waals surface area contributed by atoms with E-state index in [2.05, 4.69) is 10.2 Å². The third-order valence-electron chi connectivity index (χ3n) is 6.88. The highest BCUT2D eigenvalue weighted by Gasteiger charge is 2.39. The average Bonchev–Trinajstić information content (AvgIpc) is 3.12. The lowest BCUT2D eigenvalue weighted by Gasteiger charge is -2.36. The second-order valence-electron chi connectivity index (χ2n) is 9.11. The number of carbonyl (C=O) groups is 3. The summed E-state index contributed by atoms with van der Waals surface area (Å²) >= 11 is 0. The van der Waals surface area contributed by atoms with Crippen LogP contribution in [0.15, 0.2) is 35.3 Å². The zero-order valence-corrected chi connectivity index (χ0v) is 18.9. The number of aryl methyl sites for hydroxylation is 1. The van der Waals surface area contributed by atoms with Crippen molar-refractivity contribution in [1.29, 1.82) is 0 Å². The maximum atomic E-state index is 15.0. The van der Waals surface area contributed by atoms with Crippen molar-refractivity contribution in [3.05, 3.63) is 63.3 Å². The number of aromatic nitrogens is 1. The quantitative estimate of drug-likeness (QED) is 0.663. The van der Waals surface area contributed by atoms with E-state index in [4.69, 9.17) is 0 Å². The molecule has 0 radical (unpaired) electrons. The van der Waals surface area contributed by atoms with Crippen LogP contribution in [0.3, 0.4) is 0 Å². The average molecular weight is 468 g/mol. The minimum Gasteiger partial charge on any atom is -0.367 e. The zero-order valence-electron chi connectivity index (χ0n) is 18.9. The highest BCUT2D eigenvalue weighted by atomic mass is 19.1. The number of anilines is 1. The van der Waals surface area contributed by atoms with E-state index in [0.29, 0.717) is 44.0 Å². The number of piperazine rings is 1. The molecule has 4 heterocycles. The second-order valence-corrected chi connectivity index (χ2v) is 9.11. The number of benzene rings is 1. The Morgan fingerprint density at radius 1 is 1.06 bits per heavy atom. The Morgan fingerprint density at radius 3 is 2.53 bits per heavy atom. The lowest BCUT2D eigenvalue weighted by molar-refractivity contribution is -0.136. The molecule has 0 saturated carbocycles. The van der Waals surface area contributed by atoms with Crippen molar-refractivity contribution in [2.75, 3.05) is 31.1 Å². The lowest BCUT2D eigenvalue weighted by Crippen LogP contribution is -2.52. The Labute approximate surface area is 195 Å². The highest BCUT2D eigenvalue weighted by Crippen LogP contribution is 2.33. The molecule has 2 saturated heterocycles. The maximum absolute atomic E-state index is 15.0. The van der Waals surface area contributed by atoms with E-state index in [9.17, 15) is 19.2 Å². The summed E-state index contributed by atoms with van der Waals surface area (Å²) in [5.74, 6) is -1.66. The van der Waals surface area contributed by atoms with Crippen molar-refractivity contribution < 1.29 is 18.8 Å². The predicted octanol–water partition coefficient (Wildman–Crippen LogP) is 0.608. The van der Waals surface area contributed by atoms with Crippen molar-refractivity contribution in [3.63, 3.8) is 0 Å². The number of rotatable bonds is 4. The number of imide groups is 1. The summed E-state index contributed by atoms with van der Waals surface area (Å²) in [5.41, 5.74) is 2.32. The first-order valence-electron chi connectivity index (χ1n) is 11.4. The zero-order chi connectivity index (χ0) is 24.0. The molecule has 2 fully saturated rings. The standard InChI is InChI=1S/C24H26FN5O4/c1-27-5-4-15(10-22(27)32)13-28-6-8-29(9-7-28)20-11-16-14-30(24(34)17(16)12-18(20)25)19-2-3-21(31)26-23(19)33/h4-5,10-12,19H,2-3,6-9,13-14H2,1H3,(H,26,31,33). The summed E-state index contributed by atoms with van der Waals surface area (Å²) in [6.07, 6.45) is 2.21. The van der Waals surface area contributed by atoms with E-state index in [1.807, 2.05) is 11.0 Å². The molecule has 5 rings (SSSR count). The van der Waals surface area contributed by atoms with Crippen molar-refractivity contribution in [2.24, 2.45) is 7.05 Å². The van der Waals surface area contributed by atoms with E-state index in [0.717, 1.165) is 5.56 Å². The Hall–Kier alpha value is -3.53. The molecule has 3 aliphatic heterocycles. The van der Waals surface area contributed by atoms with E-state index in [1.54, 1.807) is 25.4 Å². The first kappa shape index (κ1) is 22.3. The Kier molecular flexibility index (Phi) is 5.68. The molecule has 0 aliphatic carbocycles. The number of amides is 3. The minimum absolute atomic E-state index is 0.0442. The van der Waals surface area contributed by atoms with Crippen LogP contribution in [-0.4, -0.2) is 64.3 Å². The minimum atomic E-state index is -0.720. The number of halogens is 1. The Morgan fingerprint density at radius 2 is 1.82 bits per heavy atom. The van der Waals surface area contributed by atoms with Gasteiger partial charge in [0, 0.05) is 70.6 Å². The number of hydrogen-bond acceptors (Lipinski definition) is 6. The lowest BCUT2D eigenvalue weighted by atomic mass is 10.0. The Balaban J connectivity index is 1.26. The van der Waals surface area contributed by atoms with E-state index in [-0.39, 0.29) is 42.3 Å². The van der Waals surface area contributed by atoms with Crippen LogP contribution in [0, 0.1) is 5.82 Å². The fourth-order valence-corrected chi connectivity index (χ4v) is 4.91. The number of nitrogens with one attached hydrogen (secondary N) is 1. The largest absolute Gasteiger partial charge is 0.367 e. The summed E-state index contributed by atoms with van der Waals surface area (Å²) in [4.78, 5) is 54.0. The van der Waals surface area contributed by atoms with Crippen LogP contribution in [0.5, 0.6) is 0 Å². The van der Waals surface area contributed by atoms with Gasteiger partial charge in [0.15, 0.2) is 0 Å². The summed E-state index contributed by atoms with van der Waals surface area (Å²) < 4.78 is 16.6. The molecule has 9 nitrogen and oxygen atoms in total. The summed E-state index contributed by atoms with van der Waals surface area (Å²) in [6, 6.07) is 5.83. The normalized spacial score (nSPS) is 21.1. The van der Waals surface area contributed by atoms with Gasteiger partial charge in [0.1, 0.15) is 11.9 Å². The third kappa shape index (κ3) is 4.09. The number of carbonyl (C=O) groups excluding carboxylic acids is 3. The summed E-state index contributed by atoms with van der Waals surface area (Å²) in [6.45, 7) is 3.54. The molecule has 1 unspecified atom stereocenters. The van der Waals surface area contributed by atoms with Crippen LogP contribution in [0.1, 0.15) is 34.3 Å². The smallest absolute Gasteiger partial charge is 0.255 e. The third-order valence-corrected chi connectivity index (χ3v) is 6.88. The van der Waals surface area contributed by atoms with E-state index in [1.165, 1.54) is 15.5 Å². The van der Waals surface area contributed by atoms with E-state index >= 15 is 4.39 Å². The van der Waals surface area contributed by atoms with Gasteiger partial charge in [-0.2, -0.15) is 0 Å². The van der Waals surface area contributed by atoms with Crippen LogP contribution >= 0.6 is 0 Å². The van der Waals surface area contributed by atoms with Gasteiger partial charge in [-0.15, -0.1) is 0 Å². The van der Waals surface area contributed by atoms with E-state index < -0.39 is 17.8 Å². The van der Waals surface area contributed by atoms with Gasteiger partial charge < -0.3 is 14.4 Å². The number of hydrogen-bond donors (Lipinski definition) is 1. The van der Waals surface area contributed by atoms with Gasteiger partial charge in [0.05, 0.1) is 5.69 Å². The molecule has 3 aliphatic rings. The SMILES string of the molecule is Cn1ccc(CN2CCN(c3cc4c(cc3F)C(=O)N(C3CCC(=O)NC3=O)C4)CC2)cc1=O. The molecule has 0 spiro atoms. The van der Waals surface area contributed by atoms with Gasteiger partial charge in [-0.1, -0.05) is 0 Å². The van der Waals surface area contributed by atoms with Gasteiger partial charge in [-0.05, 0) is 35.7 Å². The molecule has 34 heavy (non-hydrogen) atoms. The molecule has 178 valence electrons. The van der Waals surface area contributed by atoms with Crippen LogP contribution in [0.2, 0.25) is 0 Å². The molecular weight excluding hydrogens is 441 g/mol. The number of nitrogens with zero attached hydrogens (tertiary/aromatic N) is 4. The van der Waals surface area contributed by atoms with Crippen LogP contribution in [-0.2, 0) is 29.7 Å². The Bertz CT molecular complexity index is 1230. The monoisotopic (exact) mass is 467 g/mol. The molecule has 2 aromatic rings. The fourth-order valence-electron chi connectivity index (χ4n) is 4.91. The van der Waals surface area contributed by atoms with Gasteiger partial charge >= 0.3 is 0 Å².